The Morgan fingerprint density at radius 1 is 1.22 bits per heavy atom. The topological polar surface area (TPSA) is 140 Å². The molecule has 2 atom stereocenters. The molecule has 0 radical (unpaired) electrons. The molecule has 10 nitrogen and oxygen atoms in total. The number of aryl methyl sites for hydroxylation is 1. The molecule has 1 aliphatic carbocycles. The molecule has 3 heterocycles. The average molecular weight is 582 g/mol. The minimum atomic E-state index is -5.08. The van der Waals surface area contributed by atoms with Crippen molar-refractivity contribution in [3.05, 3.63) is 40.8 Å². The number of rotatable bonds is 4. The SMILES string of the molecule is Cn1cc(NC(=O)c2ccc3ccc(N[C@@H]4CCCC(F)(F)[C@@H]4N)nn23)c(Br)n1.O=C(O)C(F)(F)F. The quantitative estimate of drug-likeness (QED) is 0.345. The summed E-state index contributed by atoms with van der Waals surface area (Å²) in [5.74, 6) is -5.66. The van der Waals surface area contributed by atoms with Crippen molar-refractivity contribution >= 4 is 44.8 Å². The predicted octanol–water partition coefficient (Wildman–Crippen LogP) is 3.64. The molecule has 3 aromatic rings. The first-order chi connectivity index (χ1) is 16.7. The third-order valence-electron chi connectivity index (χ3n) is 5.29. The fraction of sp³-hybridized carbons (Fsp3) is 0.400. The van der Waals surface area contributed by atoms with Crippen LogP contribution in [0.4, 0.5) is 33.5 Å². The number of carboxylic acids is 1. The second kappa shape index (κ2) is 10.4. The maximum absolute atomic E-state index is 13.9. The van der Waals surface area contributed by atoms with Crippen molar-refractivity contribution in [1.82, 2.24) is 19.4 Å². The molecule has 3 aromatic heterocycles. The van der Waals surface area contributed by atoms with Gasteiger partial charge in [0.05, 0.1) is 17.2 Å². The highest BCUT2D eigenvalue weighted by Crippen LogP contribution is 2.33. The van der Waals surface area contributed by atoms with Gasteiger partial charge in [0.2, 0.25) is 0 Å². The van der Waals surface area contributed by atoms with Gasteiger partial charge in [-0.1, -0.05) is 0 Å². The van der Waals surface area contributed by atoms with Crippen molar-refractivity contribution in [2.75, 3.05) is 10.6 Å². The summed E-state index contributed by atoms with van der Waals surface area (Å²) in [6, 6.07) is 4.97. The van der Waals surface area contributed by atoms with Gasteiger partial charge in [-0.2, -0.15) is 18.3 Å². The van der Waals surface area contributed by atoms with Crippen LogP contribution in [0.25, 0.3) is 5.52 Å². The van der Waals surface area contributed by atoms with E-state index in [9.17, 15) is 26.7 Å². The molecule has 0 aromatic carbocycles. The summed E-state index contributed by atoms with van der Waals surface area (Å²) in [7, 11) is 1.74. The molecule has 16 heteroatoms. The maximum Gasteiger partial charge on any atom is 0.490 e. The van der Waals surface area contributed by atoms with Crippen LogP contribution < -0.4 is 16.4 Å². The van der Waals surface area contributed by atoms with E-state index in [1.807, 2.05) is 0 Å². The number of hydrogen-bond acceptors (Lipinski definition) is 6. The Bertz CT molecular complexity index is 1260. The zero-order valence-corrected chi connectivity index (χ0v) is 20.1. The van der Waals surface area contributed by atoms with E-state index in [-0.39, 0.29) is 12.3 Å². The number of anilines is 2. The smallest absolute Gasteiger partial charge is 0.475 e. The molecule has 36 heavy (non-hydrogen) atoms. The molecule has 1 fully saturated rings. The number of carbonyl (C=O) groups is 2. The number of fused-ring (bicyclic) bond motifs is 1. The van der Waals surface area contributed by atoms with Crippen LogP contribution in [-0.4, -0.2) is 60.6 Å². The molecule has 0 unspecified atom stereocenters. The van der Waals surface area contributed by atoms with E-state index in [1.54, 1.807) is 42.2 Å². The van der Waals surface area contributed by atoms with Gasteiger partial charge in [-0.3, -0.25) is 9.48 Å². The number of nitrogens with zero attached hydrogens (tertiary/aromatic N) is 4. The van der Waals surface area contributed by atoms with Gasteiger partial charge in [0.15, 0.2) is 4.60 Å². The Morgan fingerprint density at radius 2 is 1.86 bits per heavy atom. The van der Waals surface area contributed by atoms with Gasteiger partial charge in [0.1, 0.15) is 11.5 Å². The van der Waals surface area contributed by atoms with Gasteiger partial charge in [0.25, 0.3) is 11.8 Å². The number of halogens is 6. The summed E-state index contributed by atoms with van der Waals surface area (Å²) in [5.41, 5.74) is 7.28. The summed E-state index contributed by atoms with van der Waals surface area (Å²) < 4.78 is 63.1. The van der Waals surface area contributed by atoms with E-state index >= 15 is 0 Å². The molecule has 1 saturated carbocycles. The van der Waals surface area contributed by atoms with Gasteiger partial charge < -0.3 is 21.5 Å². The molecule has 0 saturated heterocycles. The summed E-state index contributed by atoms with van der Waals surface area (Å²) in [6.45, 7) is 0. The van der Waals surface area contributed by atoms with Crippen molar-refractivity contribution in [2.45, 2.75) is 43.4 Å². The fourth-order valence-electron chi connectivity index (χ4n) is 3.52. The van der Waals surface area contributed by atoms with Crippen LogP contribution in [0.1, 0.15) is 29.8 Å². The van der Waals surface area contributed by atoms with Gasteiger partial charge in [-0.05, 0) is 53.0 Å². The van der Waals surface area contributed by atoms with E-state index in [4.69, 9.17) is 15.6 Å². The largest absolute Gasteiger partial charge is 0.490 e. The number of amides is 1. The molecule has 1 aliphatic rings. The zero-order chi connectivity index (χ0) is 26.8. The lowest BCUT2D eigenvalue weighted by Gasteiger charge is -2.36. The van der Waals surface area contributed by atoms with Gasteiger partial charge in [-0.15, -0.1) is 5.10 Å². The Morgan fingerprint density at radius 3 is 2.44 bits per heavy atom. The van der Waals surface area contributed by atoms with Gasteiger partial charge in [-0.25, -0.2) is 18.1 Å². The number of aromatic nitrogens is 4. The van der Waals surface area contributed by atoms with E-state index in [0.717, 1.165) is 0 Å². The Kier molecular flexibility index (Phi) is 7.88. The lowest BCUT2D eigenvalue weighted by atomic mass is 9.87. The number of carboxylic acid groups (broad SMARTS) is 1. The van der Waals surface area contributed by atoms with Crippen molar-refractivity contribution in [3.8, 4) is 0 Å². The molecule has 5 N–H and O–H groups in total. The first-order valence-electron chi connectivity index (χ1n) is 10.4. The van der Waals surface area contributed by atoms with Crippen LogP contribution in [-0.2, 0) is 11.8 Å². The number of nitrogens with one attached hydrogen (secondary N) is 2. The van der Waals surface area contributed by atoms with Gasteiger partial charge >= 0.3 is 12.1 Å². The number of nitrogens with two attached hydrogens (primary N) is 1. The molecular formula is C20H21BrF5N7O3. The van der Waals surface area contributed by atoms with Crippen LogP contribution in [0.2, 0.25) is 0 Å². The third kappa shape index (κ3) is 6.29. The van der Waals surface area contributed by atoms with Crippen molar-refractivity contribution < 1.29 is 36.6 Å². The first-order valence-corrected chi connectivity index (χ1v) is 11.2. The molecule has 0 spiro atoms. The highest BCUT2D eigenvalue weighted by Gasteiger charge is 2.44. The maximum atomic E-state index is 13.9. The molecule has 196 valence electrons. The highest BCUT2D eigenvalue weighted by molar-refractivity contribution is 9.10. The monoisotopic (exact) mass is 581 g/mol. The highest BCUT2D eigenvalue weighted by atomic mass is 79.9. The lowest BCUT2D eigenvalue weighted by molar-refractivity contribution is -0.192. The number of carbonyl (C=O) groups excluding carboxylic acids is 1. The summed E-state index contributed by atoms with van der Waals surface area (Å²) in [6.07, 6.45) is -2.70. The molecule has 0 bridgehead atoms. The van der Waals surface area contributed by atoms with Gasteiger partial charge in [0, 0.05) is 25.7 Å². The average Bonchev–Trinajstić information content (AvgIpc) is 3.33. The molecule has 4 rings (SSSR count). The number of aliphatic carboxylic acids is 1. The summed E-state index contributed by atoms with van der Waals surface area (Å²) in [5, 5.41) is 21.4. The fourth-order valence-corrected chi connectivity index (χ4v) is 3.97. The minimum absolute atomic E-state index is 0.204. The Balaban J connectivity index is 0.000000454. The van der Waals surface area contributed by atoms with Crippen LogP contribution in [0.15, 0.2) is 35.1 Å². The number of alkyl halides is 5. The molecule has 0 aliphatic heterocycles. The lowest BCUT2D eigenvalue weighted by Crippen LogP contribution is -2.55. The zero-order valence-electron chi connectivity index (χ0n) is 18.6. The second-order valence-electron chi connectivity index (χ2n) is 7.97. The van der Waals surface area contributed by atoms with E-state index < -0.39 is 30.2 Å². The molecule has 1 amide bonds. The minimum Gasteiger partial charge on any atom is -0.475 e. The summed E-state index contributed by atoms with van der Waals surface area (Å²) in [4.78, 5) is 21.6. The van der Waals surface area contributed by atoms with Crippen molar-refractivity contribution in [2.24, 2.45) is 12.8 Å². The Hall–Kier alpha value is -3.27. The normalized spacial score (nSPS) is 19.3. The van der Waals surface area contributed by atoms with Crippen LogP contribution in [0.3, 0.4) is 0 Å². The van der Waals surface area contributed by atoms with Crippen LogP contribution in [0.5, 0.6) is 0 Å². The second-order valence-corrected chi connectivity index (χ2v) is 8.72. The predicted molar refractivity (Wildman–Crippen MR) is 122 cm³/mol. The third-order valence-corrected chi connectivity index (χ3v) is 5.88. The summed E-state index contributed by atoms with van der Waals surface area (Å²) >= 11 is 3.29. The number of hydrogen-bond donors (Lipinski definition) is 4. The standard InChI is InChI=1S/C18H20BrF2N7O.C2HF3O2/c1-27-9-12(16(19)26-27)24-17(29)13-6-4-10-5-7-14(25-28(10)13)23-11-3-2-8-18(20,21)15(11)22;3-2(4,5)1(6)7/h4-7,9,11,15H,2-3,8,22H2,1H3,(H,23,25)(H,24,29);(H,6,7)/t11-,15-;/m1./s1. The Labute approximate surface area is 208 Å². The molecular weight excluding hydrogens is 561 g/mol. The van der Waals surface area contributed by atoms with Crippen LogP contribution >= 0.6 is 15.9 Å². The van der Waals surface area contributed by atoms with E-state index in [0.29, 0.717) is 40.2 Å². The van der Waals surface area contributed by atoms with E-state index in [1.165, 1.54) is 4.52 Å². The first kappa shape index (κ1) is 27.3. The van der Waals surface area contributed by atoms with Crippen LogP contribution in [0, 0.1) is 0 Å². The van der Waals surface area contributed by atoms with Crippen molar-refractivity contribution in [3.63, 3.8) is 0 Å². The van der Waals surface area contributed by atoms with E-state index in [2.05, 4.69) is 36.8 Å². The van der Waals surface area contributed by atoms with Crippen molar-refractivity contribution in [1.29, 1.82) is 0 Å².